The number of hydrogen-bond acceptors (Lipinski definition) is 7. The Bertz CT molecular complexity index is 1930. The van der Waals surface area contributed by atoms with Crippen molar-refractivity contribution in [2.75, 3.05) is 27.9 Å². The van der Waals surface area contributed by atoms with E-state index < -0.39 is 0 Å². The number of hydrogen-bond donors (Lipinski definition) is 1. The van der Waals surface area contributed by atoms with Crippen LogP contribution in [0.1, 0.15) is 5.56 Å². The molecule has 0 unspecified atom stereocenters. The van der Waals surface area contributed by atoms with Gasteiger partial charge in [0.05, 0.1) is 43.3 Å². The predicted octanol–water partition coefficient (Wildman–Crippen LogP) is 4.31. The summed E-state index contributed by atoms with van der Waals surface area (Å²) < 4.78 is 23.8. The number of para-hydroxylation sites is 1. The largest absolute Gasteiger partial charge is 0.496 e. The molecule has 0 fully saturated rings. The fraction of sp³-hybridized carbons (Fsp3) is 0.167. The van der Waals surface area contributed by atoms with Gasteiger partial charge in [0.25, 0.3) is 11.5 Å². The molecular formula is C30H25N3O6. The van der Waals surface area contributed by atoms with Gasteiger partial charge in [-0.1, -0.05) is 18.2 Å². The molecule has 1 N–H and O–H groups in total. The van der Waals surface area contributed by atoms with Crippen LogP contribution in [0, 0.1) is 0 Å². The summed E-state index contributed by atoms with van der Waals surface area (Å²) in [5.74, 6) is 1.79. The van der Waals surface area contributed by atoms with Crippen molar-refractivity contribution in [3.8, 4) is 23.0 Å². The molecule has 3 aromatic heterocycles. The van der Waals surface area contributed by atoms with Crippen LogP contribution in [-0.2, 0) is 11.3 Å². The molecule has 0 spiro atoms. The molecule has 6 aromatic rings. The Morgan fingerprint density at radius 3 is 2.51 bits per heavy atom. The Balaban J connectivity index is 1.36. The summed E-state index contributed by atoms with van der Waals surface area (Å²) in [7, 11) is 4.64. The molecule has 0 aliphatic carbocycles. The van der Waals surface area contributed by atoms with E-state index in [1.165, 1.54) is 14.2 Å². The standard InChI is InChI=1S/C30H25N3O6/c1-36-23-7-5-4-6-17(23)15-32-25(34)16-39-18-8-10-22-21(14-18)19-12-13-31-27-20-9-11-24(37-2)29(38-3)26(20)30(35)33(22)28(19)27/h4-14H,15-16H2,1-3H3,(H,32,34). The number of carbonyl (C=O) groups is 1. The molecule has 6 rings (SSSR count). The number of ether oxygens (including phenoxy) is 4. The van der Waals surface area contributed by atoms with Gasteiger partial charge in [0.2, 0.25) is 0 Å². The van der Waals surface area contributed by atoms with E-state index in [0.717, 1.165) is 16.3 Å². The molecular weight excluding hydrogens is 498 g/mol. The van der Waals surface area contributed by atoms with Gasteiger partial charge >= 0.3 is 0 Å². The van der Waals surface area contributed by atoms with Crippen molar-refractivity contribution in [2.24, 2.45) is 0 Å². The lowest BCUT2D eigenvalue weighted by Gasteiger charge is -2.12. The molecule has 3 heterocycles. The van der Waals surface area contributed by atoms with E-state index in [0.29, 0.717) is 56.9 Å². The lowest BCUT2D eigenvalue weighted by atomic mass is 10.1. The Hall–Kier alpha value is -5.05. The van der Waals surface area contributed by atoms with Gasteiger partial charge in [-0.25, -0.2) is 0 Å². The lowest BCUT2D eigenvalue weighted by Crippen LogP contribution is -2.28. The molecule has 0 aliphatic rings. The van der Waals surface area contributed by atoms with Crippen molar-refractivity contribution in [3.05, 3.63) is 82.8 Å². The minimum atomic E-state index is -0.264. The SMILES string of the molecule is COc1ccccc1CNC(=O)COc1ccc2c(c1)c1ccnc3c4ccc(OC)c(OC)c4c(=O)n2c13. The van der Waals surface area contributed by atoms with Crippen molar-refractivity contribution >= 4 is 44.0 Å². The number of aromatic nitrogens is 2. The quantitative estimate of drug-likeness (QED) is 0.297. The van der Waals surface area contributed by atoms with Crippen LogP contribution in [0.4, 0.5) is 0 Å². The molecule has 0 saturated carbocycles. The third-order valence-corrected chi connectivity index (χ3v) is 6.90. The Labute approximate surface area is 222 Å². The van der Waals surface area contributed by atoms with Crippen LogP contribution in [0.2, 0.25) is 0 Å². The lowest BCUT2D eigenvalue weighted by molar-refractivity contribution is -0.123. The summed E-state index contributed by atoms with van der Waals surface area (Å²) >= 11 is 0. The summed E-state index contributed by atoms with van der Waals surface area (Å²) in [6.45, 7) is 0.166. The number of fused-ring (bicyclic) bond motifs is 5. The minimum absolute atomic E-state index is 0.159. The number of carbonyl (C=O) groups excluding carboxylic acids is 1. The van der Waals surface area contributed by atoms with Crippen LogP contribution in [0.5, 0.6) is 23.0 Å². The van der Waals surface area contributed by atoms with Gasteiger partial charge in [-0.3, -0.25) is 19.0 Å². The highest BCUT2D eigenvalue weighted by Gasteiger charge is 2.22. The van der Waals surface area contributed by atoms with Crippen LogP contribution in [0.15, 0.2) is 71.7 Å². The van der Waals surface area contributed by atoms with E-state index in [2.05, 4.69) is 10.3 Å². The number of benzene rings is 3. The molecule has 0 radical (unpaired) electrons. The first kappa shape index (κ1) is 24.3. The van der Waals surface area contributed by atoms with E-state index >= 15 is 0 Å². The van der Waals surface area contributed by atoms with Crippen LogP contribution in [-0.4, -0.2) is 43.2 Å². The molecule has 0 bridgehead atoms. The maximum atomic E-state index is 13.9. The molecule has 0 aliphatic heterocycles. The Kier molecular flexibility index (Phi) is 6.03. The number of pyridine rings is 2. The van der Waals surface area contributed by atoms with Gasteiger partial charge in [-0.05, 0) is 42.5 Å². The molecule has 1 amide bonds. The van der Waals surface area contributed by atoms with Gasteiger partial charge in [0, 0.05) is 34.5 Å². The topological polar surface area (TPSA) is 100 Å². The van der Waals surface area contributed by atoms with E-state index in [1.807, 2.05) is 48.5 Å². The van der Waals surface area contributed by atoms with Gasteiger partial charge < -0.3 is 24.3 Å². The van der Waals surface area contributed by atoms with Crippen LogP contribution in [0.3, 0.4) is 0 Å². The number of rotatable bonds is 8. The maximum absolute atomic E-state index is 13.9. The summed E-state index contributed by atoms with van der Waals surface area (Å²) in [6, 6.07) is 18.4. The van der Waals surface area contributed by atoms with E-state index in [4.69, 9.17) is 18.9 Å². The highest BCUT2D eigenvalue weighted by molar-refractivity contribution is 6.19. The van der Waals surface area contributed by atoms with Crippen LogP contribution >= 0.6 is 0 Å². The normalized spacial score (nSPS) is 11.4. The number of nitrogens with one attached hydrogen (secondary N) is 1. The first-order chi connectivity index (χ1) is 19.0. The third kappa shape index (κ3) is 3.90. The smallest absolute Gasteiger partial charge is 0.267 e. The molecule has 0 saturated heterocycles. The summed E-state index contributed by atoms with van der Waals surface area (Å²) in [6.07, 6.45) is 1.72. The highest BCUT2D eigenvalue weighted by Crippen LogP contribution is 2.39. The number of methoxy groups -OCH3 is 3. The van der Waals surface area contributed by atoms with Gasteiger partial charge in [-0.15, -0.1) is 0 Å². The summed E-state index contributed by atoms with van der Waals surface area (Å²) in [4.78, 5) is 31.0. The maximum Gasteiger partial charge on any atom is 0.267 e. The van der Waals surface area contributed by atoms with Crippen molar-refractivity contribution in [3.63, 3.8) is 0 Å². The first-order valence-corrected chi connectivity index (χ1v) is 12.3. The van der Waals surface area contributed by atoms with Crippen LogP contribution < -0.4 is 29.8 Å². The highest BCUT2D eigenvalue weighted by atomic mass is 16.5. The average molecular weight is 524 g/mol. The average Bonchev–Trinajstić information content (AvgIpc) is 3.31. The molecule has 0 atom stereocenters. The second kappa shape index (κ2) is 9.68. The zero-order chi connectivity index (χ0) is 27.1. The summed E-state index contributed by atoms with van der Waals surface area (Å²) in [5.41, 5.74) is 2.73. The van der Waals surface area contributed by atoms with Gasteiger partial charge in [0.1, 0.15) is 11.5 Å². The molecule has 9 heteroatoms. The fourth-order valence-corrected chi connectivity index (χ4v) is 5.13. The van der Waals surface area contributed by atoms with Crippen molar-refractivity contribution in [1.82, 2.24) is 14.7 Å². The van der Waals surface area contributed by atoms with Gasteiger partial charge in [-0.2, -0.15) is 0 Å². The van der Waals surface area contributed by atoms with E-state index in [-0.39, 0.29) is 18.1 Å². The number of nitrogens with zero attached hydrogens (tertiary/aromatic N) is 2. The monoisotopic (exact) mass is 523 g/mol. The first-order valence-electron chi connectivity index (χ1n) is 12.3. The minimum Gasteiger partial charge on any atom is -0.496 e. The summed E-state index contributed by atoms with van der Waals surface area (Å²) in [5, 5.41) is 5.60. The second-order valence-corrected chi connectivity index (χ2v) is 8.98. The second-order valence-electron chi connectivity index (χ2n) is 8.98. The molecule has 3 aromatic carbocycles. The zero-order valence-corrected chi connectivity index (χ0v) is 21.6. The number of amides is 1. The fourth-order valence-electron chi connectivity index (χ4n) is 5.13. The Morgan fingerprint density at radius 1 is 0.897 bits per heavy atom. The van der Waals surface area contributed by atoms with Crippen LogP contribution in [0.25, 0.3) is 38.1 Å². The van der Waals surface area contributed by atoms with Crippen molar-refractivity contribution in [1.29, 1.82) is 0 Å². The van der Waals surface area contributed by atoms with E-state index in [1.54, 1.807) is 29.8 Å². The van der Waals surface area contributed by atoms with Gasteiger partial charge in [0.15, 0.2) is 18.1 Å². The molecule has 39 heavy (non-hydrogen) atoms. The molecule has 196 valence electrons. The Morgan fingerprint density at radius 2 is 1.72 bits per heavy atom. The zero-order valence-electron chi connectivity index (χ0n) is 21.6. The predicted molar refractivity (Wildman–Crippen MR) is 149 cm³/mol. The van der Waals surface area contributed by atoms with E-state index in [9.17, 15) is 9.59 Å². The van der Waals surface area contributed by atoms with Crippen molar-refractivity contribution < 1.29 is 23.7 Å². The molecule has 9 nitrogen and oxygen atoms in total. The third-order valence-electron chi connectivity index (χ3n) is 6.90. The van der Waals surface area contributed by atoms with Crippen molar-refractivity contribution in [2.45, 2.75) is 6.54 Å².